The minimum Gasteiger partial charge on any atom is -0.495 e. The molecule has 3 rings (SSSR count). The average molecular weight is 352 g/mol. The van der Waals surface area contributed by atoms with Crippen LogP contribution in [0.3, 0.4) is 0 Å². The molecule has 0 aromatic heterocycles. The van der Waals surface area contributed by atoms with Crippen molar-refractivity contribution in [3.8, 4) is 5.75 Å². The second kappa shape index (κ2) is 7.20. The first kappa shape index (κ1) is 18.0. The van der Waals surface area contributed by atoms with Gasteiger partial charge in [-0.25, -0.2) is 0 Å². The fraction of sp³-hybridized carbons (Fsp3) is 0.333. The number of carbonyl (C=O) groups excluding carboxylic acids is 2. The second-order valence-electron chi connectivity index (χ2n) is 6.65. The lowest BCUT2D eigenvalue weighted by Crippen LogP contribution is -2.58. The predicted octanol–water partition coefficient (Wildman–Crippen LogP) is 3.19. The molecular weight excluding hydrogens is 328 g/mol. The van der Waals surface area contributed by atoms with Crippen LogP contribution in [0.1, 0.15) is 28.4 Å². The molecule has 2 amide bonds. The number of rotatable bonds is 3. The van der Waals surface area contributed by atoms with E-state index in [0.717, 1.165) is 16.8 Å². The van der Waals surface area contributed by atoms with E-state index in [1.165, 1.54) is 0 Å². The van der Waals surface area contributed by atoms with Gasteiger partial charge in [-0.15, -0.1) is 0 Å². The molecule has 5 nitrogen and oxygen atoms in total. The third kappa shape index (κ3) is 3.17. The maximum absolute atomic E-state index is 13.0. The molecule has 1 aliphatic heterocycles. The molecule has 1 saturated heterocycles. The van der Waals surface area contributed by atoms with Crippen LogP contribution in [0.5, 0.6) is 5.75 Å². The van der Waals surface area contributed by atoms with Crippen molar-refractivity contribution < 1.29 is 14.3 Å². The fourth-order valence-corrected chi connectivity index (χ4v) is 3.37. The Morgan fingerprint density at radius 1 is 1.12 bits per heavy atom. The summed E-state index contributed by atoms with van der Waals surface area (Å²) in [4.78, 5) is 29.3. The number of hydrogen-bond acceptors (Lipinski definition) is 3. The summed E-state index contributed by atoms with van der Waals surface area (Å²) < 4.78 is 5.42. The van der Waals surface area contributed by atoms with Crippen LogP contribution in [0.2, 0.25) is 0 Å². The van der Waals surface area contributed by atoms with Crippen molar-refractivity contribution in [1.29, 1.82) is 0 Å². The highest BCUT2D eigenvalue weighted by atomic mass is 16.5. The third-order valence-corrected chi connectivity index (χ3v) is 4.92. The van der Waals surface area contributed by atoms with Crippen LogP contribution in [0, 0.1) is 13.8 Å². The van der Waals surface area contributed by atoms with E-state index in [1.54, 1.807) is 23.8 Å². The molecule has 0 radical (unpaired) electrons. The van der Waals surface area contributed by atoms with Crippen LogP contribution in [0.15, 0.2) is 42.5 Å². The van der Waals surface area contributed by atoms with E-state index in [2.05, 4.69) is 0 Å². The molecule has 2 aromatic carbocycles. The molecule has 0 unspecified atom stereocenters. The molecule has 1 aliphatic rings. The van der Waals surface area contributed by atoms with Crippen LogP contribution in [-0.2, 0) is 4.79 Å². The smallest absolute Gasteiger partial charge is 0.254 e. The molecule has 0 bridgehead atoms. The monoisotopic (exact) mass is 352 g/mol. The maximum Gasteiger partial charge on any atom is 0.254 e. The maximum atomic E-state index is 13.0. The van der Waals surface area contributed by atoms with Crippen molar-refractivity contribution in [3.05, 3.63) is 59.2 Å². The SMILES string of the molecule is COc1ccc(C)cc1N1CCN(C(=O)c2ccccc2C)[C@@H](C)C1=O. The number of carbonyl (C=O) groups is 2. The van der Waals surface area contributed by atoms with E-state index in [4.69, 9.17) is 4.74 Å². The highest BCUT2D eigenvalue weighted by molar-refractivity contribution is 6.04. The number of aryl methyl sites for hydroxylation is 2. The van der Waals surface area contributed by atoms with Gasteiger partial charge in [0.05, 0.1) is 12.8 Å². The first-order valence-electron chi connectivity index (χ1n) is 8.76. The Bertz CT molecular complexity index is 847. The van der Waals surface area contributed by atoms with Gasteiger partial charge in [0, 0.05) is 18.7 Å². The van der Waals surface area contributed by atoms with Crippen LogP contribution >= 0.6 is 0 Å². The Morgan fingerprint density at radius 2 is 1.85 bits per heavy atom. The summed E-state index contributed by atoms with van der Waals surface area (Å²) in [6.45, 7) is 6.60. The summed E-state index contributed by atoms with van der Waals surface area (Å²) >= 11 is 0. The minimum atomic E-state index is -0.527. The molecule has 1 fully saturated rings. The number of anilines is 1. The van der Waals surface area contributed by atoms with E-state index >= 15 is 0 Å². The van der Waals surface area contributed by atoms with Gasteiger partial charge < -0.3 is 14.5 Å². The Balaban J connectivity index is 1.87. The molecule has 5 heteroatoms. The summed E-state index contributed by atoms with van der Waals surface area (Å²) in [6, 6.07) is 12.7. The lowest BCUT2D eigenvalue weighted by Gasteiger charge is -2.39. The second-order valence-corrected chi connectivity index (χ2v) is 6.65. The van der Waals surface area contributed by atoms with Gasteiger partial charge in [0.1, 0.15) is 11.8 Å². The summed E-state index contributed by atoms with van der Waals surface area (Å²) in [5.41, 5.74) is 3.38. The lowest BCUT2D eigenvalue weighted by atomic mass is 10.0. The van der Waals surface area contributed by atoms with E-state index in [1.807, 2.05) is 56.3 Å². The summed E-state index contributed by atoms with van der Waals surface area (Å²) in [5.74, 6) is 0.469. The number of hydrogen-bond donors (Lipinski definition) is 0. The van der Waals surface area contributed by atoms with Crippen molar-refractivity contribution >= 4 is 17.5 Å². The lowest BCUT2D eigenvalue weighted by molar-refractivity contribution is -0.124. The standard InChI is InChI=1S/C21H24N2O3/c1-14-9-10-19(26-4)18(13-14)23-12-11-22(16(3)20(23)24)21(25)17-8-6-5-7-15(17)2/h5-10,13,16H,11-12H2,1-4H3/t16-/m0/s1. The van der Waals surface area contributed by atoms with Crippen LogP contribution < -0.4 is 9.64 Å². The zero-order valence-corrected chi connectivity index (χ0v) is 15.7. The molecule has 0 spiro atoms. The number of piperazine rings is 1. The van der Waals surface area contributed by atoms with E-state index in [0.29, 0.717) is 24.4 Å². The van der Waals surface area contributed by atoms with E-state index in [-0.39, 0.29) is 11.8 Å². The van der Waals surface area contributed by atoms with E-state index < -0.39 is 6.04 Å². The summed E-state index contributed by atoms with van der Waals surface area (Å²) in [6.07, 6.45) is 0. The first-order chi connectivity index (χ1) is 12.4. The Hall–Kier alpha value is -2.82. The summed E-state index contributed by atoms with van der Waals surface area (Å²) in [5, 5.41) is 0. The number of benzene rings is 2. The normalized spacial score (nSPS) is 17.4. The Morgan fingerprint density at radius 3 is 2.54 bits per heavy atom. The molecule has 26 heavy (non-hydrogen) atoms. The molecule has 2 aromatic rings. The fourth-order valence-electron chi connectivity index (χ4n) is 3.37. The van der Waals surface area contributed by atoms with Crippen LogP contribution in [0.25, 0.3) is 0 Å². The zero-order chi connectivity index (χ0) is 18.8. The van der Waals surface area contributed by atoms with Gasteiger partial charge in [-0.2, -0.15) is 0 Å². The topological polar surface area (TPSA) is 49.9 Å². The molecule has 0 N–H and O–H groups in total. The van der Waals surface area contributed by atoms with Gasteiger partial charge in [-0.1, -0.05) is 24.3 Å². The predicted molar refractivity (Wildman–Crippen MR) is 102 cm³/mol. The highest BCUT2D eigenvalue weighted by Gasteiger charge is 2.36. The van der Waals surface area contributed by atoms with Crippen molar-refractivity contribution in [2.45, 2.75) is 26.8 Å². The Kier molecular flexibility index (Phi) is 4.98. The molecule has 136 valence electrons. The van der Waals surface area contributed by atoms with E-state index in [9.17, 15) is 9.59 Å². The van der Waals surface area contributed by atoms with Crippen LogP contribution in [0.4, 0.5) is 5.69 Å². The number of nitrogens with zero attached hydrogens (tertiary/aromatic N) is 2. The highest BCUT2D eigenvalue weighted by Crippen LogP contribution is 2.32. The quantitative estimate of drug-likeness (QED) is 0.852. The molecule has 0 aliphatic carbocycles. The number of amides is 2. The molecular formula is C21H24N2O3. The van der Waals surface area contributed by atoms with Gasteiger partial charge in [0.15, 0.2) is 0 Å². The van der Waals surface area contributed by atoms with Crippen molar-refractivity contribution in [2.24, 2.45) is 0 Å². The largest absolute Gasteiger partial charge is 0.495 e. The van der Waals surface area contributed by atoms with Gasteiger partial charge in [0.25, 0.3) is 5.91 Å². The first-order valence-corrected chi connectivity index (χ1v) is 8.76. The minimum absolute atomic E-state index is 0.0953. The molecule has 1 atom stereocenters. The Labute approximate surface area is 154 Å². The third-order valence-electron chi connectivity index (χ3n) is 4.92. The van der Waals surface area contributed by atoms with Crippen molar-refractivity contribution in [3.63, 3.8) is 0 Å². The summed E-state index contributed by atoms with van der Waals surface area (Å²) in [7, 11) is 1.60. The van der Waals surface area contributed by atoms with Gasteiger partial charge in [0.2, 0.25) is 5.91 Å². The molecule has 1 heterocycles. The van der Waals surface area contributed by atoms with Gasteiger partial charge >= 0.3 is 0 Å². The van der Waals surface area contributed by atoms with Gasteiger partial charge in [-0.05, 0) is 50.1 Å². The van der Waals surface area contributed by atoms with Gasteiger partial charge in [-0.3, -0.25) is 9.59 Å². The van der Waals surface area contributed by atoms with Crippen molar-refractivity contribution in [2.75, 3.05) is 25.1 Å². The number of methoxy groups -OCH3 is 1. The molecule has 0 saturated carbocycles. The van der Waals surface area contributed by atoms with Crippen molar-refractivity contribution in [1.82, 2.24) is 4.90 Å². The average Bonchev–Trinajstić information content (AvgIpc) is 2.64. The zero-order valence-electron chi connectivity index (χ0n) is 15.7. The number of ether oxygens (including phenoxy) is 1. The van der Waals surface area contributed by atoms with Crippen LogP contribution in [-0.4, -0.2) is 43.0 Å².